The van der Waals surface area contributed by atoms with Crippen LogP contribution in [0.3, 0.4) is 0 Å². The molecule has 0 amide bonds. The molecule has 0 aromatic heterocycles. The lowest BCUT2D eigenvalue weighted by Crippen LogP contribution is -2.32. The van der Waals surface area contributed by atoms with Crippen molar-refractivity contribution in [3.8, 4) is 0 Å². The lowest BCUT2D eigenvalue weighted by molar-refractivity contribution is 0.709. The average Bonchev–Trinajstić information content (AvgIpc) is 2.86. The van der Waals surface area contributed by atoms with Gasteiger partial charge in [0.2, 0.25) is 0 Å². The van der Waals surface area contributed by atoms with Crippen LogP contribution in [0.4, 0.5) is 0 Å². The van der Waals surface area contributed by atoms with Gasteiger partial charge in [0.1, 0.15) is 5.84 Å². The summed E-state index contributed by atoms with van der Waals surface area (Å²) >= 11 is 0. The van der Waals surface area contributed by atoms with Crippen LogP contribution in [-0.4, -0.2) is 11.8 Å². The number of guanidine groups is 1. The molecule has 0 radical (unpaired) electrons. The first-order chi connectivity index (χ1) is 10.7. The maximum Gasteiger partial charge on any atom is 0.199 e. The van der Waals surface area contributed by atoms with E-state index in [0.717, 1.165) is 43.6 Å². The Balaban J connectivity index is 1.83. The van der Waals surface area contributed by atoms with Crippen molar-refractivity contribution in [1.29, 1.82) is 0 Å². The summed E-state index contributed by atoms with van der Waals surface area (Å²) in [6, 6.07) is 6.91. The summed E-state index contributed by atoms with van der Waals surface area (Å²) in [4.78, 5) is 9.39. The molecule has 3 rings (SSSR count). The van der Waals surface area contributed by atoms with Crippen molar-refractivity contribution >= 4 is 11.8 Å². The van der Waals surface area contributed by atoms with E-state index in [2.05, 4.69) is 48.4 Å². The van der Waals surface area contributed by atoms with Gasteiger partial charge in [-0.15, -0.1) is 0 Å². The van der Waals surface area contributed by atoms with Crippen molar-refractivity contribution in [2.75, 3.05) is 0 Å². The number of hydrogen-bond donors (Lipinski definition) is 2. The molecule has 1 aliphatic carbocycles. The smallest absolute Gasteiger partial charge is 0.199 e. The fourth-order valence-electron chi connectivity index (χ4n) is 3.15. The quantitative estimate of drug-likeness (QED) is 0.879. The molecule has 0 saturated heterocycles. The molecule has 1 unspecified atom stereocenters. The molecule has 0 saturated carbocycles. The third-order valence-electron chi connectivity index (χ3n) is 4.33. The Hall–Kier alpha value is -2.10. The van der Waals surface area contributed by atoms with Crippen LogP contribution in [0.5, 0.6) is 0 Å². The predicted molar refractivity (Wildman–Crippen MR) is 92.0 cm³/mol. The summed E-state index contributed by atoms with van der Waals surface area (Å²) in [6.45, 7) is 4.25. The number of rotatable bonds is 2. The third kappa shape index (κ3) is 3.21. The highest BCUT2D eigenvalue weighted by molar-refractivity contribution is 5.96. The number of nitrogens with zero attached hydrogens (tertiary/aromatic N) is 2. The third-order valence-corrected chi connectivity index (χ3v) is 4.33. The number of benzene rings is 1. The van der Waals surface area contributed by atoms with E-state index >= 15 is 0 Å². The van der Waals surface area contributed by atoms with E-state index in [-0.39, 0.29) is 6.04 Å². The fourth-order valence-corrected chi connectivity index (χ4v) is 3.15. The number of aryl methyl sites for hydroxylation is 2. The van der Waals surface area contributed by atoms with Gasteiger partial charge in [-0.3, -0.25) is 4.99 Å². The number of nitrogens with one attached hydrogen (secondary N) is 1. The van der Waals surface area contributed by atoms with Gasteiger partial charge in [0.05, 0.1) is 6.04 Å². The Labute approximate surface area is 132 Å². The molecular weight excluding hydrogens is 272 g/mol. The van der Waals surface area contributed by atoms with E-state index < -0.39 is 0 Å². The second-order valence-corrected chi connectivity index (χ2v) is 6.05. The minimum Gasteiger partial charge on any atom is -0.369 e. The van der Waals surface area contributed by atoms with Crippen LogP contribution in [0.1, 0.15) is 55.3 Å². The van der Waals surface area contributed by atoms with Gasteiger partial charge in [-0.2, -0.15) is 0 Å². The normalized spacial score (nSPS) is 25.5. The van der Waals surface area contributed by atoms with E-state index in [1.807, 2.05) is 0 Å². The predicted octanol–water partition coefficient (Wildman–Crippen LogP) is 3.37. The van der Waals surface area contributed by atoms with Gasteiger partial charge in [-0.25, -0.2) is 4.99 Å². The first-order valence-electron chi connectivity index (χ1n) is 8.12. The molecule has 0 bridgehead atoms. The van der Waals surface area contributed by atoms with Gasteiger partial charge >= 0.3 is 0 Å². The molecule has 4 heteroatoms. The molecule has 1 heterocycles. The Bertz CT molecular complexity index is 655. The molecule has 1 aromatic rings. The van der Waals surface area contributed by atoms with E-state index in [4.69, 9.17) is 10.7 Å². The molecule has 22 heavy (non-hydrogen) atoms. The molecular formula is C18H24N4. The van der Waals surface area contributed by atoms with Crippen molar-refractivity contribution in [2.45, 2.75) is 52.0 Å². The Morgan fingerprint density at radius 2 is 2.23 bits per heavy atom. The summed E-state index contributed by atoms with van der Waals surface area (Å²) in [5.41, 5.74) is 11.2. The van der Waals surface area contributed by atoms with Crippen molar-refractivity contribution in [2.24, 2.45) is 15.7 Å². The van der Waals surface area contributed by atoms with Crippen LogP contribution >= 0.6 is 0 Å². The highest BCUT2D eigenvalue weighted by Crippen LogP contribution is 2.35. The van der Waals surface area contributed by atoms with Gasteiger partial charge in [0, 0.05) is 12.1 Å². The first-order valence-corrected chi connectivity index (χ1v) is 8.12. The molecule has 3 N–H and O–H groups in total. The van der Waals surface area contributed by atoms with Crippen LogP contribution in [0.15, 0.2) is 40.0 Å². The maximum atomic E-state index is 5.97. The Morgan fingerprint density at radius 1 is 1.36 bits per heavy atom. The van der Waals surface area contributed by atoms with Crippen LogP contribution < -0.4 is 11.1 Å². The van der Waals surface area contributed by atoms with Crippen LogP contribution in [0, 0.1) is 6.92 Å². The summed E-state index contributed by atoms with van der Waals surface area (Å²) in [5, 5.41) is 3.16. The van der Waals surface area contributed by atoms with Crippen LogP contribution in [0.25, 0.3) is 0 Å². The van der Waals surface area contributed by atoms with Gasteiger partial charge in [0.15, 0.2) is 5.96 Å². The zero-order valence-electron chi connectivity index (χ0n) is 13.4. The fraction of sp³-hybridized carbons (Fsp3) is 0.444. The number of hydrogen-bond acceptors (Lipinski definition) is 3. The van der Waals surface area contributed by atoms with E-state index in [9.17, 15) is 0 Å². The second-order valence-electron chi connectivity index (χ2n) is 6.05. The molecule has 4 nitrogen and oxygen atoms in total. The summed E-state index contributed by atoms with van der Waals surface area (Å²) in [6.07, 6.45) is 7.13. The van der Waals surface area contributed by atoms with E-state index in [0.29, 0.717) is 5.96 Å². The topological polar surface area (TPSA) is 62.8 Å². The maximum absolute atomic E-state index is 5.97. The number of aliphatic imine (C=N–C) groups is 2. The van der Waals surface area contributed by atoms with Crippen LogP contribution in [0.2, 0.25) is 0 Å². The summed E-state index contributed by atoms with van der Waals surface area (Å²) < 4.78 is 0. The second kappa shape index (κ2) is 6.34. The van der Waals surface area contributed by atoms with E-state index in [1.54, 1.807) is 0 Å². The monoisotopic (exact) mass is 296 g/mol. The molecule has 1 atom stereocenters. The lowest BCUT2D eigenvalue weighted by Gasteiger charge is -2.14. The van der Waals surface area contributed by atoms with Crippen LogP contribution in [-0.2, 0) is 6.42 Å². The van der Waals surface area contributed by atoms with Gasteiger partial charge in [0.25, 0.3) is 0 Å². The van der Waals surface area contributed by atoms with Gasteiger partial charge < -0.3 is 11.1 Å². The summed E-state index contributed by atoms with van der Waals surface area (Å²) in [7, 11) is 0. The van der Waals surface area contributed by atoms with Crippen molar-refractivity contribution in [1.82, 2.24) is 5.32 Å². The average molecular weight is 296 g/mol. The standard InChI is InChI=1S/C18H24N4/c1-3-14-5-4-6-17(22-18(19)20-14)21-16-10-9-13-8-7-12(2)11-15(13)16/h5,7-8,11,16H,3-4,6,9-10H2,1-2H3,(H3,19,20,21,22)/b14-5-. The number of nitrogens with two attached hydrogens (primary N) is 1. The lowest BCUT2D eigenvalue weighted by atomic mass is 10.1. The number of fused-ring (bicyclic) bond motifs is 1. The highest BCUT2D eigenvalue weighted by Gasteiger charge is 2.22. The minimum absolute atomic E-state index is 0.232. The summed E-state index contributed by atoms with van der Waals surface area (Å²) in [5.74, 6) is 1.31. The zero-order chi connectivity index (χ0) is 15.5. The molecule has 1 aromatic carbocycles. The largest absolute Gasteiger partial charge is 0.369 e. The number of amidine groups is 1. The Morgan fingerprint density at radius 3 is 3.05 bits per heavy atom. The van der Waals surface area contributed by atoms with Gasteiger partial charge in [-0.1, -0.05) is 36.8 Å². The SMILES string of the molecule is CC/C1=C/CCC(=NC2CCc3ccc(C)cc32)N=C(N)N1. The highest BCUT2D eigenvalue weighted by atomic mass is 15.1. The van der Waals surface area contributed by atoms with Gasteiger partial charge in [-0.05, 0) is 43.7 Å². The van der Waals surface area contributed by atoms with Crippen molar-refractivity contribution in [3.63, 3.8) is 0 Å². The van der Waals surface area contributed by atoms with Crippen molar-refractivity contribution in [3.05, 3.63) is 46.7 Å². The molecule has 1 aliphatic heterocycles. The Kier molecular flexibility index (Phi) is 4.27. The molecule has 0 fully saturated rings. The van der Waals surface area contributed by atoms with E-state index in [1.165, 1.54) is 16.7 Å². The van der Waals surface area contributed by atoms with Crippen molar-refractivity contribution < 1.29 is 0 Å². The number of allylic oxidation sites excluding steroid dienone is 2. The first kappa shape index (κ1) is 14.8. The zero-order valence-corrected chi connectivity index (χ0v) is 13.4. The molecule has 116 valence electrons. The molecule has 0 spiro atoms. The minimum atomic E-state index is 0.232. The molecule has 2 aliphatic rings.